The normalized spacial score (nSPS) is 13.5. The molecule has 0 spiro atoms. The van der Waals surface area contributed by atoms with E-state index in [0.717, 1.165) is 12.1 Å². The van der Waals surface area contributed by atoms with Gasteiger partial charge < -0.3 is 14.8 Å². The molecule has 0 bridgehead atoms. The van der Waals surface area contributed by atoms with Crippen LogP contribution in [0.5, 0.6) is 11.5 Å². The summed E-state index contributed by atoms with van der Waals surface area (Å²) in [5.41, 5.74) is -1.08. The van der Waals surface area contributed by atoms with Crippen molar-refractivity contribution in [2.24, 2.45) is 0 Å². The molecule has 7 heteroatoms. The molecule has 0 aromatic heterocycles. The fourth-order valence-corrected chi connectivity index (χ4v) is 2.25. The first kappa shape index (κ1) is 15.2. The zero-order valence-electron chi connectivity index (χ0n) is 11.8. The second-order valence-electron chi connectivity index (χ2n) is 4.86. The molecule has 1 heterocycles. The Balaban J connectivity index is 1.85. The van der Waals surface area contributed by atoms with Gasteiger partial charge in [0.15, 0.2) is 11.5 Å². The number of fused-ring (bicyclic) bond motifs is 1. The fraction of sp³-hybridized carbons (Fsp3) is 0.188. The number of ether oxygens (including phenoxy) is 2. The monoisotopic (exact) mass is 323 g/mol. The van der Waals surface area contributed by atoms with E-state index in [0.29, 0.717) is 30.4 Å². The number of anilines is 1. The summed E-state index contributed by atoms with van der Waals surface area (Å²) in [6.45, 7) is 0.805. The minimum atomic E-state index is -4.60. The molecule has 3 rings (SSSR count). The van der Waals surface area contributed by atoms with E-state index in [2.05, 4.69) is 5.32 Å². The molecule has 1 aliphatic rings. The summed E-state index contributed by atoms with van der Waals surface area (Å²) < 4.78 is 49.6. The van der Waals surface area contributed by atoms with E-state index in [1.165, 1.54) is 18.2 Å². The van der Waals surface area contributed by atoms with Crippen molar-refractivity contribution in [3.63, 3.8) is 0 Å². The topological polar surface area (TPSA) is 47.6 Å². The fourth-order valence-electron chi connectivity index (χ4n) is 2.25. The van der Waals surface area contributed by atoms with E-state index in [1.807, 2.05) is 0 Å². The van der Waals surface area contributed by atoms with Gasteiger partial charge in [0, 0.05) is 11.8 Å². The van der Waals surface area contributed by atoms with Crippen molar-refractivity contribution in [1.82, 2.24) is 0 Å². The summed E-state index contributed by atoms with van der Waals surface area (Å²) in [6, 6.07) is 9.29. The zero-order chi connectivity index (χ0) is 16.4. The molecule has 2 aromatic carbocycles. The maximum absolute atomic E-state index is 13.0. The van der Waals surface area contributed by atoms with Crippen LogP contribution < -0.4 is 14.8 Å². The Labute approximate surface area is 129 Å². The number of amides is 1. The van der Waals surface area contributed by atoms with Crippen LogP contribution in [0.2, 0.25) is 0 Å². The third-order valence-corrected chi connectivity index (χ3v) is 3.28. The van der Waals surface area contributed by atoms with Crippen molar-refractivity contribution in [2.45, 2.75) is 6.18 Å². The lowest BCUT2D eigenvalue weighted by Gasteiger charge is -2.19. The second kappa shape index (κ2) is 5.83. The van der Waals surface area contributed by atoms with Crippen LogP contribution in [-0.2, 0) is 6.18 Å². The molecule has 4 nitrogen and oxygen atoms in total. The van der Waals surface area contributed by atoms with Gasteiger partial charge in [0.1, 0.15) is 13.2 Å². The van der Waals surface area contributed by atoms with Crippen molar-refractivity contribution >= 4 is 11.6 Å². The van der Waals surface area contributed by atoms with Gasteiger partial charge in [-0.2, -0.15) is 13.2 Å². The van der Waals surface area contributed by atoms with E-state index in [-0.39, 0.29) is 0 Å². The van der Waals surface area contributed by atoms with Gasteiger partial charge in [-0.25, -0.2) is 0 Å². The largest absolute Gasteiger partial charge is 0.486 e. The molecule has 0 saturated carbocycles. The number of carbonyl (C=O) groups excluding carboxylic acids is 1. The van der Waals surface area contributed by atoms with Crippen LogP contribution in [0, 0.1) is 0 Å². The van der Waals surface area contributed by atoms with Gasteiger partial charge in [0.05, 0.1) is 11.1 Å². The van der Waals surface area contributed by atoms with Crippen molar-refractivity contribution < 1.29 is 27.4 Å². The van der Waals surface area contributed by atoms with Crippen LogP contribution in [0.25, 0.3) is 0 Å². The molecule has 0 unspecified atom stereocenters. The van der Waals surface area contributed by atoms with Gasteiger partial charge in [-0.1, -0.05) is 12.1 Å². The summed E-state index contributed by atoms with van der Waals surface area (Å²) in [5, 5.41) is 2.45. The number of alkyl halides is 3. The van der Waals surface area contributed by atoms with Crippen LogP contribution in [0.4, 0.5) is 18.9 Å². The average molecular weight is 323 g/mol. The second-order valence-corrected chi connectivity index (χ2v) is 4.86. The Hall–Kier alpha value is -2.70. The minimum absolute atomic E-state index is 0.330. The maximum atomic E-state index is 13.0. The van der Waals surface area contributed by atoms with E-state index < -0.39 is 23.2 Å². The van der Waals surface area contributed by atoms with E-state index in [1.54, 1.807) is 12.1 Å². The SMILES string of the molecule is O=C(Nc1ccc2c(c1)OCCO2)c1ccccc1C(F)(F)F. The van der Waals surface area contributed by atoms with Crippen LogP contribution in [0.3, 0.4) is 0 Å². The lowest BCUT2D eigenvalue weighted by molar-refractivity contribution is -0.137. The molecule has 1 N–H and O–H groups in total. The highest BCUT2D eigenvalue weighted by Crippen LogP contribution is 2.34. The van der Waals surface area contributed by atoms with E-state index in [9.17, 15) is 18.0 Å². The first-order valence-electron chi connectivity index (χ1n) is 6.82. The standard InChI is InChI=1S/C16H12F3NO3/c17-16(18,19)12-4-2-1-3-11(12)15(21)20-10-5-6-13-14(9-10)23-8-7-22-13/h1-6,9H,7-8H2,(H,20,21). The molecule has 0 fully saturated rings. The molecule has 0 radical (unpaired) electrons. The minimum Gasteiger partial charge on any atom is -0.486 e. The average Bonchev–Trinajstić information content (AvgIpc) is 2.54. The van der Waals surface area contributed by atoms with Crippen LogP contribution in [0.15, 0.2) is 42.5 Å². The lowest BCUT2D eigenvalue weighted by Crippen LogP contribution is -2.19. The summed E-state index contributed by atoms with van der Waals surface area (Å²) in [7, 11) is 0. The molecule has 1 aliphatic heterocycles. The summed E-state index contributed by atoms with van der Waals surface area (Å²) in [5.74, 6) is 0.137. The van der Waals surface area contributed by atoms with Gasteiger partial charge in [-0.3, -0.25) is 4.79 Å². The highest BCUT2D eigenvalue weighted by atomic mass is 19.4. The molecule has 23 heavy (non-hydrogen) atoms. The number of rotatable bonds is 2. The number of benzene rings is 2. The highest BCUT2D eigenvalue weighted by Gasteiger charge is 2.34. The molecule has 0 atom stereocenters. The summed E-state index contributed by atoms with van der Waals surface area (Å²) >= 11 is 0. The third-order valence-electron chi connectivity index (χ3n) is 3.28. The Morgan fingerprint density at radius 2 is 1.70 bits per heavy atom. The highest BCUT2D eigenvalue weighted by molar-refractivity contribution is 6.05. The van der Waals surface area contributed by atoms with Gasteiger partial charge in [0.2, 0.25) is 0 Å². The number of halogens is 3. The quantitative estimate of drug-likeness (QED) is 0.916. The summed E-state index contributed by atoms with van der Waals surface area (Å²) in [4.78, 5) is 12.2. The predicted molar refractivity (Wildman–Crippen MR) is 76.8 cm³/mol. The molecular weight excluding hydrogens is 311 g/mol. The van der Waals surface area contributed by atoms with Gasteiger partial charge in [-0.15, -0.1) is 0 Å². The molecule has 0 aliphatic carbocycles. The van der Waals surface area contributed by atoms with Gasteiger partial charge in [-0.05, 0) is 24.3 Å². The molecular formula is C16H12F3NO3. The molecule has 0 saturated heterocycles. The van der Waals surface area contributed by atoms with Crippen LogP contribution >= 0.6 is 0 Å². The van der Waals surface area contributed by atoms with Crippen LogP contribution in [0.1, 0.15) is 15.9 Å². The molecule has 2 aromatic rings. The van der Waals surface area contributed by atoms with E-state index >= 15 is 0 Å². The van der Waals surface area contributed by atoms with Crippen molar-refractivity contribution in [2.75, 3.05) is 18.5 Å². The van der Waals surface area contributed by atoms with Crippen molar-refractivity contribution in [1.29, 1.82) is 0 Å². The predicted octanol–water partition coefficient (Wildman–Crippen LogP) is 3.73. The van der Waals surface area contributed by atoms with E-state index in [4.69, 9.17) is 9.47 Å². The van der Waals surface area contributed by atoms with Crippen molar-refractivity contribution in [3.8, 4) is 11.5 Å². The number of nitrogens with one attached hydrogen (secondary N) is 1. The maximum Gasteiger partial charge on any atom is 0.417 e. The van der Waals surface area contributed by atoms with Gasteiger partial charge in [0.25, 0.3) is 5.91 Å². The number of carbonyl (C=O) groups is 1. The number of hydrogen-bond acceptors (Lipinski definition) is 3. The Morgan fingerprint density at radius 1 is 1.00 bits per heavy atom. The zero-order valence-corrected chi connectivity index (χ0v) is 11.8. The smallest absolute Gasteiger partial charge is 0.417 e. The summed E-state index contributed by atoms with van der Waals surface area (Å²) in [6.07, 6.45) is -4.60. The first-order valence-corrected chi connectivity index (χ1v) is 6.82. The third kappa shape index (κ3) is 3.23. The molecule has 1 amide bonds. The molecule has 120 valence electrons. The Morgan fingerprint density at radius 3 is 2.43 bits per heavy atom. The lowest BCUT2D eigenvalue weighted by atomic mass is 10.1. The van der Waals surface area contributed by atoms with Crippen LogP contribution in [-0.4, -0.2) is 19.1 Å². The van der Waals surface area contributed by atoms with Gasteiger partial charge >= 0.3 is 6.18 Å². The Bertz CT molecular complexity index is 744. The first-order chi connectivity index (χ1) is 10.9. The van der Waals surface area contributed by atoms with Crippen molar-refractivity contribution in [3.05, 3.63) is 53.6 Å². The number of hydrogen-bond donors (Lipinski definition) is 1. The Kier molecular flexibility index (Phi) is 3.85.